The minimum atomic E-state index is -0.771. The molecule has 128 valence electrons. The third-order valence-electron chi connectivity index (χ3n) is 3.68. The fourth-order valence-corrected chi connectivity index (χ4v) is 2.54. The van der Waals surface area contributed by atoms with Crippen LogP contribution in [-0.2, 0) is 0 Å². The van der Waals surface area contributed by atoms with E-state index in [4.69, 9.17) is 16.3 Å². The topological polar surface area (TPSA) is 49.8 Å². The fourth-order valence-electron chi connectivity index (χ4n) is 2.41. The molecule has 0 radical (unpaired) electrons. The lowest BCUT2D eigenvalue weighted by atomic mass is 10.1. The molecule has 2 aromatic carbocycles. The van der Waals surface area contributed by atoms with Crippen LogP contribution in [0, 0.1) is 13.8 Å². The quantitative estimate of drug-likeness (QED) is 0.870. The van der Waals surface area contributed by atoms with Crippen LogP contribution in [0.2, 0.25) is 5.02 Å². The summed E-state index contributed by atoms with van der Waals surface area (Å²) in [7, 11) is 1.65. The number of hydrogen-bond acceptors (Lipinski definition) is 3. The molecule has 1 atom stereocenters. The molecule has 0 aromatic heterocycles. The molecular formula is C19H22ClNO3. The van der Waals surface area contributed by atoms with Gasteiger partial charge in [-0.2, -0.15) is 0 Å². The van der Waals surface area contributed by atoms with E-state index in [1.54, 1.807) is 31.3 Å². The molecule has 0 spiro atoms. The normalized spacial score (nSPS) is 11.9. The molecule has 24 heavy (non-hydrogen) atoms. The summed E-state index contributed by atoms with van der Waals surface area (Å²) in [6, 6.07) is 12.5. The Hall–Kier alpha value is -2.04. The van der Waals surface area contributed by atoms with Crippen molar-refractivity contribution >= 4 is 17.5 Å². The Morgan fingerprint density at radius 2 is 1.88 bits per heavy atom. The highest BCUT2D eigenvalue weighted by atomic mass is 35.5. The summed E-state index contributed by atoms with van der Waals surface area (Å²) >= 11 is 5.82. The van der Waals surface area contributed by atoms with Gasteiger partial charge in [-0.3, -0.25) is 4.79 Å². The van der Waals surface area contributed by atoms with E-state index in [2.05, 4.69) is 0 Å². The third kappa shape index (κ3) is 4.98. The van der Waals surface area contributed by atoms with Gasteiger partial charge in [0.05, 0.1) is 0 Å². The van der Waals surface area contributed by atoms with Gasteiger partial charge in [-0.1, -0.05) is 29.3 Å². The van der Waals surface area contributed by atoms with E-state index >= 15 is 0 Å². The summed E-state index contributed by atoms with van der Waals surface area (Å²) in [5.74, 6) is 0.573. The number of aliphatic hydroxyl groups excluding tert-OH is 1. The molecule has 0 fully saturated rings. The standard InChI is InChI=1S/C19H22ClNO3/c1-13-4-9-18(14(2)10-13)24-12-17(22)11-21(3)19(23)15-5-7-16(20)8-6-15/h4-10,17,22H,11-12H2,1-3H3/t17-/m1/s1. The van der Waals surface area contributed by atoms with Crippen LogP contribution in [0.5, 0.6) is 5.75 Å². The molecule has 5 heteroatoms. The highest BCUT2D eigenvalue weighted by Gasteiger charge is 2.16. The number of benzene rings is 2. The number of hydrogen-bond donors (Lipinski definition) is 1. The van der Waals surface area contributed by atoms with Gasteiger partial charge in [0.25, 0.3) is 5.91 Å². The number of amides is 1. The van der Waals surface area contributed by atoms with Crippen LogP contribution in [0.1, 0.15) is 21.5 Å². The van der Waals surface area contributed by atoms with Crippen molar-refractivity contribution < 1.29 is 14.6 Å². The Balaban J connectivity index is 1.88. The van der Waals surface area contributed by atoms with Crippen molar-refractivity contribution in [1.82, 2.24) is 4.90 Å². The summed E-state index contributed by atoms with van der Waals surface area (Å²) in [6.45, 7) is 4.29. The highest BCUT2D eigenvalue weighted by Crippen LogP contribution is 2.19. The van der Waals surface area contributed by atoms with Crippen LogP contribution in [0.3, 0.4) is 0 Å². The molecular weight excluding hydrogens is 326 g/mol. The van der Waals surface area contributed by atoms with Gasteiger partial charge in [0, 0.05) is 24.2 Å². The lowest BCUT2D eigenvalue weighted by molar-refractivity contribution is 0.0562. The maximum absolute atomic E-state index is 12.3. The molecule has 0 saturated carbocycles. The first-order chi connectivity index (χ1) is 11.4. The Morgan fingerprint density at radius 3 is 2.50 bits per heavy atom. The molecule has 2 aromatic rings. The van der Waals surface area contributed by atoms with Crippen LogP contribution in [0.25, 0.3) is 0 Å². The minimum Gasteiger partial charge on any atom is -0.491 e. The maximum atomic E-state index is 12.3. The number of carbonyl (C=O) groups is 1. The molecule has 0 unspecified atom stereocenters. The van der Waals surface area contributed by atoms with E-state index in [0.29, 0.717) is 10.6 Å². The Morgan fingerprint density at radius 1 is 1.21 bits per heavy atom. The van der Waals surface area contributed by atoms with E-state index in [0.717, 1.165) is 16.9 Å². The van der Waals surface area contributed by atoms with Gasteiger partial charge >= 0.3 is 0 Å². The number of halogens is 1. The number of aryl methyl sites for hydroxylation is 2. The third-order valence-corrected chi connectivity index (χ3v) is 3.94. The van der Waals surface area contributed by atoms with Gasteiger partial charge in [0.2, 0.25) is 0 Å². The average molecular weight is 348 g/mol. The highest BCUT2D eigenvalue weighted by molar-refractivity contribution is 6.30. The molecule has 0 heterocycles. The van der Waals surface area contributed by atoms with Gasteiger partial charge in [-0.25, -0.2) is 0 Å². The average Bonchev–Trinajstić information content (AvgIpc) is 2.54. The summed E-state index contributed by atoms with van der Waals surface area (Å²) in [4.78, 5) is 13.8. The minimum absolute atomic E-state index is 0.127. The zero-order chi connectivity index (χ0) is 17.7. The van der Waals surface area contributed by atoms with Crippen molar-refractivity contribution in [2.24, 2.45) is 0 Å². The van der Waals surface area contributed by atoms with Crippen LogP contribution in [0.4, 0.5) is 0 Å². The molecule has 0 saturated heterocycles. The largest absolute Gasteiger partial charge is 0.491 e. The summed E-state index contributed by atoms with van der Waals surface area (Å²) in [5, 5.41) is 10.7. The number of likely N-dealkylation sites (N-methyl/N-ethyl adjacent to an activating group) is 1. The smallest absolute Gasteiger partial charge is 0.253 e. The van der Waals surface area contributed by atoms with E-state index in [1.807, 2.05) is 32.0 Å². The summed E-state index contributed by atoms with van der Waals surface area (Å²) < 4.78 is 5.65. The molecule has 0 aliphatic carbocycles. The SMILES string of the molecule is Cc1ccc(OC[C@H](O)CN(C)C(=O)c2ccc(Cl)cc2)c(C)c1. The Kier molecular flexibility index (Phi) is 6.23. The Bertz CT molecular complexity index is 700. The zero-order valence-electron chi connectivity index (χ0n) is 14.1. The van der Waals surface area contributed by atoms with Crippen molar-refractivity contribution in [2.45, 2.75) is 20.0 Å². The van der Waals surface area contributed by atoms with Crippen LogP contribution >= 0.6 is 11.6 Å². The lowest BCUT2D eigenvalue weighted by Crippen LogP contribution is -2.37. The van der Waals surface area contributed by atoms with Gasteiger partial charge < -0.3 is 14.7 Å². The van der Waals surface area contributed by atoms with Crippen molar-refractivity contribution in [3.8, 4) is 5.75 Å². The molecule has 0 bridgehead atoms. The predicted octanol–water partition coefficient (Wildman–Crippen LogP) is 3.47. The van der Waals surface area contributed by atoms with Gasteiger partial charge in [0.1, 0.15) is 18.5 Å². The molecule has 1 N–H and O–H groups in total. The molecule has 4 nitrogen and oxygen atoms in total. The number of carbonyl (C=O) groups excluding carboxylic acids is 1. The van der Waals surface area contributed by atoms with Crippen molar-refractivity contribution in [1.29, 1.82) is 0 Å². The summed E-state index contributed by atoms with van der Waals surface area (Å²) in [6.07, 6.45) is -0.771. The van der Waals surface area contributed by atoms with Gasteiger partial charge in [-0.15, -0.1) is 0 Å². The van der Waals surface area contributed by atoms with E-state index in [1.165, 1.54) is 4.90 Å². The fraction of sp³-hybridized carbons (Fsp3) is 0.316. The maximum Gasteiger partial charge on any atom is 0.253 e. The van der Waals surface area contributed by atoms with Crippen LogP contribution < -0.4 is 4.74 Å². The molecule has 0 aliphatic rings. The first-order valence-electron chi connectivity index (χ1n) is 7.76. The van der Waals surface area contributed by atoms with Crippen molar-refractivity contribution in [3.63, 3.8) is 0 Å². The van der Waals surface area contributed by atoms with Gasteiger partial charge in [0.15, 0.2) is 0 Å². The zero-order valence-corrected chi connectivity index (χ0v) is 14.9. The first kappa shape index (κ1) is 18.3. The van der Waals surface area contributed by atoms with Crippen molar-refractivity contribution in [3.05, 3.63) is 64.2 Å². The van der Waals surface area contributed by atoms with Crippen LogP contribution in [-0.4, -0.2) is 42.2 Å². The molecule has 0 aliphatic heterocycles. The molecule has 1 amide bonds. The lowest BCUT2D eigenvalue weighted by Gasteiger charge is -2.21. The predicted molar refractivity (Wildman–Crippen MR) is 95.8 cm³/mol. The number of nitrogens with zero attached hydrogens (tertiary/aromatic N) is 1. The molecule has 2 rings (SSSR count). The second-order valence-electron chi connectivity index (χ2n) is 5.93. The van der Waals surface area contributed by atoms with Crippen LogP contribution in [0.15, 0.2) is 42.5 Å². The summed E-state index contributed by atoms with van der Waals surface area (Å²) in [5.41, 5.74) is 2.71. The first-order valence-corrected chi connectivity index (χ1v) is 8.14. The second-order valence-corrected chi connectivity index (χ2v) is 6.36. The monoisotopic (exact) mass is 347 g/mol. The van der Waals surface area contributed by atoms with E-state index in [-0.39, 0.29) is 19.1 Å². The van der Waals surface area contributed by atoms with Gasteiger partial charge in [-0.05, 0) is 49.7 Å². The second kappa shape index (κ2) is 8.18. The Labute approximate surface area is 147 Å². The van der Waals surface area contributed by atoms with Crippen molar-refractivity contribution in [2.75, 3.05) is 20.2 Å². The number of rotatable bonds is 6. The van der Waals surface area contributed by atoms with E-state index < -0.39 is 6.10 Å². The number of aliphatic hydroxyl groups is 1. The van der Waals surface area contributed by atoms with E-state index in [9.17, 15) is 9.90 Å². The number of ether oxygens (including phenoxy) is 1.